The molecule has 1 aromatic heterocycles. The summed E-state index contributed by atoms with van der Waals surface area (Å²) in [5, 5.41) is 5.41. The van der Waals surface area contributed by atoms with E-state index >= 15 is 0 Å². The fourth-order valence-electron chi connectivity index (χ4n) is 1.45. The van der Waals surface area contributed by atoms with Gasteiger partial charge in [0.05, 0.1) is 11.2 Å². The van der Waals surface area contributed by atoms with Gasteiger partial charge >= 0.3 is 0 Å². The summed E-state index contributed by atoms with van der Waals surface area (Å²) in [6, 6.07) is 7.92. The van der Waals surface area contributed by atoms with Crippen molar-refractivity contribution in [1.29, 1.82) is 0 Å². The number of hydrogen-bond donors (Lipinski definition) is 1. The van der Waals surface area contributed by atoms with Gasteiger partial charge in [-0.1, -0.05) is 18.2 Å². The first-order chi connectivity index (χ1) is 6.33. The minimum Gasteiger partial charge on any atom is -0.298 e. The van der Waals surface area contributed by atoms with Crippen LogP contribution < -0.4 is 5.90 Å². The maximum absolute atomic E-state index is 5.04. The van der Waals surface area contributed by atoms with Crippen LogP contribution in [0.1, 0.15) is 5.69 Å². The van der Waals surface area contributed by atoms with Crippen LogP contribution in [0.25, 0.3) is 10.9 Å². The minimum absolute atomic E-state index is 0.386. The first-order valence-electron chi connectivity index (χ1n) is 4.05. The van der Waals surface area contributed by atoms with Crippen molar-refractivity contribution in [2.75, 3.05) is 0 Å². The molecule has 1 aromatic carbocycles. The first-order valence-corrected chi connectivity index (χ1v) is 4.05. The van der Waals surface area contributed by atoms with Crippen LogP contribution in [-0.4, -0.2) is 9.78 Å². The van der Waals surface area contributed by atoms with Gasteiger partial charge in [0, 0.05) is 12.4 Å². The Kier molecular flexibility index (Phi) is 2.00. The van der Waals surface area contributed by atoms with Crippen LogP contribution in [0.15, 0.2) is 24.3 Å². The van der Waals surface area contributed by atoms with Gasteiger partial charge in [-0.25, -0.2) is 5.90 Å². The largest absolute Gasteiger partial charge is 0.298 e. The highest BCUT2D eigenvalue weighted by Gasteiger charge is 2.06. The number of fused-ring (bicyclic) bond motifs is 1. The number of nitrogens with two attached hydrogens (primary N) is 1. The van der Waals surface area contributed by atoms with Crippen molar-refractivity contribution in [1.82, 2.24) is 9.78 Å². The van der Waals surface area contributed by atoms with Gasteiger partial charge in [-0.05, 0) is 6.07 Å². The topological polar surface area (TPSA) is 53.1 Å². The van der Waals surface area contributed by atoms with Gasteiger partial charge in [-0.2, -0.15) is 5.10 Å². The fourth-order valence-corrected chi connectivity index (χ4v) is 1.45. The molecule has 1 heterocycles. The van der Waals surface area contributed by atoms with Gasteiger partial charge in [-0.3, -0.25) is 9.52 Å². The lowest BCUT2D eigenvalue weighted by Gasteiger charge is -1.98. The summed E-state index contributed by atoms with van der Waals surface area (Å²) in [5.74, 6) is 5.04. The normalized spacial score (nSPS) is 10.9. The van der Waals surface area contributed by atoms with E-state index in [4.69, 9.17) is 5.90 Å². The summed E-state index contributed by atoms with van der Waals surface area (Å²) in [7, 11) is 1.88. The van der Waals surface area contributed by atoms with E-state index in [9.17, 15) is 0 Å². The third kappa shape index (κ3) is 1.30. The molecule has 0 bridgehead atoms. The molecule has 0 saturated heterocycles. The summed E-state index contributed by atoms with van der Waals surface area (Å²) < 4.78 is 1.79. The monoisotopic (exact) mass is 177 g/mol. The Morgan fingerprint density at radius 2 is 2.23 bits per heavy atom. The summed E-state index contributed by atoms with van der Waals surface area (Å²) in [6.07, 6.45) is 0. The van der Waals surface area contributed by atoms with E-state index in [1.165, 1.54) is 0 Å². The van der Waals surface area contributed by atoms with Gasteiger partial charge in [0.15, 0.2) is 0 Å². The summed E-state index contributed by atoms with van der Waals surface area (Å²) in [5.41, 5.74) is 1.97. The van der Waals surface area contributed by atoms with E-state index in [1.54, 1.807) is 4.68 Å². The van der Waals surface area contributed by atoms with Crippen molar-refractivity contribution >= 4 is 10.9 Å². The SMILES string of the molecule is Cn1nc2ccccc2c1CON. The summed E-state index contributed by atoms with van der Waals surface area (Å²) >= 11 is 0. The molecular formula is C9H11N3O. The summed E-state index contributed by atoms with van der Waals surface area (Å²) in [4.78, 5) is 4.61. The Labute approximate surface area is 75.9 Å². The second-order valence-electron chi connectivity index (χ2n) is 2.90. The van der Waals surface area contributed by atoms with Gasteiger partial charge < -0.3 is 0 Å². The van der Waals surface area contributed by atoms with Crippen molar-refractivity contribution in [3.8, 4) is 0 Å². The van der Waals surface area contributed by atoms with Crippen LogP contribution in [0, 0.1) is 0 Å². The smallest absolute Gasteiger partial charge is 0.110 e. The van der Waals surface area contributed by atoms with Crippen molar-refractivity contribution in [3.05, 3.63) is 30.0 Å². The van der Waals surface area contributed by atoms with Gasteiger partial charge in [0.1, 0.15) is 6.61 Å². The standard InChI is InChI=1S/C9H11N3O/c1-12-9(6-13-10)7-4-2-3-5-8(7)11-12/h2-5H,6,10H2,1H3. The number of aryl methyl sites for hydroxylation is 1. The lowest BCUT2D eigenvalue weighted by atomic mass is 10.2. The first kappa shape index (κ1) is 8.22. The van der Waals surface area contributed by atoms with Crippen LogP contribution in [0.3, 0.4) is 0 Å². The Morgan fingerprint density at radius 1 is 1.46 bits per heavy atom. The van der Waals surface area contributed by atoms with E-state index in [1.807, 2.05) is 31.3 Å². The highest BCUT2D eigenvalue weighted by molar-refractivity contribution is 5.81. The average molecular weight is 177 g/mol. The van der Waals surface area contributed by atoms with Crippen LogP contribution in [0.2, 0.25) is 0 Å². The van der Waals surface area contributed by atoms with Crippen molar-refractivity contribution in [3.63, 3.8) is 0 Å². The average Bonchev–Trinajstić information content (AvgIpc) is 2.44. The van der Waals surface area contributed by atoms with Crippen LogP contribution in [-0.2, 0) is 18.5 Å². The molecule has 0 fully saturated rings. The molecule has 68 valence electrons. The van der Waals surface area contributed by atoms with Crippen LogP contribution in [0.5, 0.6) is 0 Å². The zero-order valence-electron chi connectivity index (χ0n) is 7.40. The lowest BCUT2D eigenvalue weighted by Crippen LogP contribution is -2.04. The minimum atomic E-state index is 0.386. The quantitative estimate of drug-likeness (QED) is 0.695. The Balaban J connectivity index is 2.64. The molecule has 4 nitrogen and oxygen atoms in total. The fraction of sp³-hybridized carbons (Fsp3) is 0.222. The lowest BCUT2D eigenvalue weighted by molar-refractivity contribution is 0.119. The Bertz CT molecular complexity index is 422. The van der Waals surface area contributed by atoms with Crippen molar-refractivity contribution in [2.24, 2.45) is 12.9 Å². The van der Waals surface area contributed by atoms with E-state index < -0.39 is 0 Å². The molecule has 0 aliphatic rings. The van der Waals surface area contributed by atoms with E-state index in [0.29, 0.717) is 6.61 Å². The van der Waals surface area contributed by atoms with Gasteiger partial charge in [0.25, 0.3) is 0 Å². The highest BCUT2D eigenvalue weighted by Crippen LogP contribution is 2.17. The number of benzene rings is 1. The highest BCUT2D eigenvalue weighted by atomic mass is 16.6. The molecule has 13 heavy (non-hydrogen) atoms. The van der Waals surface area contributed by atoms with Crippen LogP contribution >= 0.6 is 0 Å². The second-order valence-corrected chi connectivity index (χ2v) is 2.90. The Morgan fingerprint density at radius 3 is 3.00 bits per heavy atom. The number of aromatic nitrogens is 2. The zero-order chi connectivity index (χ0) is 9.26. The second kappa shape index (κ2) is 3.16. The molecule has 0 atom stereocenters. The molecule has 4 heteroatoms. The molecule has 2 rings (SSSR count). The third-order valence-corrected chi connectivity index (χ3v) is 2.08. The van der Waals surface area contributed by atoms with Crippen LogP contribution in [0.4, 0.5) is 0 Å². The van der Waals surface area contributed by atoms with Gasteiger partial charge in [-0.15, -0.1) is 0 Å². The number of hydrogen-bond acceptors (Lipinski definition) is 3. The van der Waals surface area contributed by atoms with E-state index in [2.05, 4.69) is 9.94 Å². The molecule has 2 aromatic rings. The molecule has 2 N–H and O–H groups in total. The molecule has 0 aliphatic heterocycles. The number of rotatable bonds is 2. The predicted octanol–water partition coefficient (Wildman–Crippen LogP) is 0.964. The van der Waals surface area contributed by atoms with Crippen molar-refractivity contribution < 1.29 is 4.84 Å². The number of nitrogens with zero attached hydrogens (tertiary/aromatic N) is 2. The maximum atomic E-state index is 5.04. The molecule has 0 aliphatic carbocycles. The predicted molar refractivity (Wildman–Crippen MR) is 49.7 cm³/mol. The molecule has 0 saturated carbocycles. The maximum Gasteiger partial charge on any atom is 0.110 e. The molecular weight excluding hydrogens is 166 g/mol. The van der Waals surface area contributed by atoms with E-state index in [0.717, 1.165) is 16.6 Å². The van der Waals surface area contributed by atoms with E-state index in [-0.39, 0.29) is 0 Å². The molecule has 0 radical (unpaired) electrons. The molecule has 0 spiro atoms. The van der Waals surface area contributed by atoms with Crippen molar-refractivity contribution in [2.45, 2.75) is 6.61 Å². The molecule has 0 amide bonds. The zero-order valence-corrected chi connectivity index (χ0v) is 7.40. The Hall–Kier alpha value is -1.39. The van der Waals surface area contributed by atoms with Gasteiger partial charge in [0.2, 0.25) is 0 Å². The third-order valence-electron chi connectivity index (χ3n) is 2.08. The summed E-state index contributed by atoms with van der Waals surface area (Å²) in [6.45, 7) is 0.386. The molecule has 0 unspecified atom stereocenters.